The summed E-state index contributed by atoms with van der Waals surface area (Å²) in [4.78, 5) is 13.3. The number of aromatic nitrogens is 4. The van der Waals surface area contributed by atoms with E-state index in [4.69, 9.17) is 5.73 Å². The van der Waals surface area contributed by atoms with Crippen LogP contribution in [0.25, 0.3) is 33.8 Å². The van der Waals surface area contributed by atoms with E-state index in [-0.39, 0.29) is 5.82 Å². The molecule has 0 aliphatic rings. The van der Waals surface area contributed by atoms with Gasteiger partial charge in [-0.15, -0.1) is 0 Å². The summed E-state index contributed by atoms with van der Waals surface area (Å²) in [5, 5.41) is 0. The summed E-state index contributed by atoms with van der Waals surface area (Å²) in [5.41, 5.74) is 9.57. The van der Waals surface area contributed by atoms with Crippen LogP contribution < -0.4 is 5.73 Å². The highest BCUT2D eigenvalue weighted by molar-refractivity contribution is 5.82. The van der Waals surface area contributed by atoms with E-state index < -0.39 is 0 Å². The molecule has 118 valence electrons. The second-order valence-corrected chi connectivity index (χ2v) is 5.48. The lowest BCUT2D eigenvalue weighted by atomic mass is 10.1. The minimum Gasteiger partial charge on any atom is -0.383 e. The molecular weight excluding hydrogens is 305 g/mol. The van der Waals surface area contributed by atoms with E-state index in [1.54, 1.807) is 12.3 Å². The smallest absolute Gasteiger partial charge is 0.160 e. The fourth-order valence-corrected chi connectivity index (χ4v) is 2.72. The van der Waals surface area contributed by atoms with Gasteiger partial charge in [-0.25, -0.2) is 19.3 Å². The third-order valence-electron chi connectivity index (χ3n) is 3.92. The number of nitrogens with zero attached hydrogens (tertiary/aromatic N) is 4. The Morgan fingerprint density at radius 3 is 2.71 bits per heavy atom. The molecule has 6 heteroatoms. The number of nitrogens with two attached hydrogens (primary N) is 1. The number of halogens is 1. The minimum atomic E-state index is -0.289. The maximum atomic E-state index is 13.4. The molecular formula is C18H14FN5. The zero-order valence-electron chi connectivity index (χ0n) is 12.9. The van der Waals surface area contributed by atoms with Gasteiger partial charge in [0.25, 0.3) is 0 Å². The van der Waals surface area contributed by atoms with Gasteiger partial charge in [0.2, 0.25) is 0 Å². The summed E-state index contributed by atoms with van der Waals surface area (Å²) in [6, 6.07) is 13.8. The lowest BCUT2D eigenvalue weighted by Gasteiger charge is -2.05. The number of hydrogen-bond acceptors (Lipinski definition) is 4. The minimum absolute atomic E-state index is 0.289. The van der Waals surface area contributed by atoms with Crippen molar-refractivity contribution in [1.82, 2.24) is 19.5 Å². The molecule has 1 aromatic carbocycles. The van der Waals surface area contributed by atoms with Crippen LogP contribution in [0.1, 0.15) is 0 Å². The lowest BCUT2D eigenvalue weighted by molar-refractivity contribution is 0.628. The van der Waals surface area contributed by atoms with Crippen LogP contribution >= 0.6 is 0 Å². The van der Waals surface area contributed by atoms with Crippen molar-refractivity contribution in [2.45, 2.75) is 0 Å². The first-order valence-electron chi connectivity index (χ1n) is 7.44. The molecule has 0 fully saturated rings. The number of hydrogen-bond donors (Lipinski definition) is 1. The van der Waals surface area contributed by atoms with Gasteiger partial charge in [0.15, 0.2) is 5.65 Å². The van der Waals surface area contributed by atoms with E-state index >= 15 is 0 Å². The Morgan fingerprint density at radius 1 is 1.04 bits per heavy atom. The number of anilines is 1. The summed E-state index contributed by atoms with van der Waals surface area (Å²) < 4.78 is 15.3. The molecule has 0 aliphatic heterocycles. The average Bonchev–Trinajstić information content (AvgIpc) is 2.92. The van der Waals surface area contributed by atoms with E-state index in [9.17, 15) is 4.39 Å². The van der Waals surface area contributed by atoms with Crippen molar-refractivity contribution < 1.29 is 4.39 Å². The highest BCUT2D eigenvalue weighted by Gasteiger charge is 2.14. The van der Waals surface area contributed by atoms with Gasteiger partial charge in [0, 0.05) is 18.8 Å². The monoisotopic (exact) mass is 319 g/mol. The van der Waals surface area contributed by atoms with Crippen molar-refractivity contribution in [2.24, 2.45) is 7.05 Å². The number of fused-ring (bicyclic) bond motifs is 1. The Labute approximate surface area is 137 Å². The molecule has 24 heavy (non-hydrogen) atoms. The van der Waals surface area contributed by atoms with E-state index in [0.717, 1.165) is 16.6 Å². The maximum Gasteiger partial charge on any atom is 0.160 e. The summed E-state index contributed by atoms with van der Waals surface area (Å²) in [5.74, 6) is 0.823. The quantitative estimate of drug-likeness (QED) is 0.614. The van der Waals surface area contributed by atoms with Gasteiger partial charge in [-0.1, -0.05) is 12.1 Å². The topological polar surface area (TPSA) is 69.6 Å². The molecule has 0 atom stereocenters. The number of aryl methyl sites for hydroxylation is 1. The Kier molecular flexibility index (Phi) is 3.23. The Balaban J connectivity index is 1.90. The van der Waals surface area contributed by atoms with Crippen LogP contribution in [-0.2, 0) is 7.05 Å². The predicted octanol–water partition coefficient (Wildman–Crippen LogP) is 3.42. The average molecular weight is 319 g/mol. The second kappa shape index (κ2) is 5.42. The van der Waals surface area contributed by atoms with Crippen LogP contribution in [0.4, 0.5) is 10.2 Å². The fourth-order valence-electron chi connectivity index (χ4n) is 2.72. The van der Waals surface area contributed by atoms with Gasteiger partial charge in [-0.3, -0.25) is 0 Å². The highest BCUT2D eigenvalue weighted by atomic mass is 19.1. The van der Waals surface area contributed by atoms with Crippen LogP contribution in [0, 0.1) is 5.82 Å². The maximum absolute atomic E-state index is 13.4. The summed E-state index contributed by atoms with van der Waals surface area (Å²) in [7, 11) is 1.87. The van der Waals surface area contributed by atoms with E-state index in [1.165, 1.54) is 12.1 Å². The number of benzene rings is 1. The molecule has 0 saturated carbocycles. The summed E-state index contributed by atoms with van der Waals surface area (Å²) >= 11 is 0. The number of imidazole rings is 1. The third-order valence-corrected chi connectivity index (χ3v) is 3.92. The molecule has 0 radical (unpaired) electrons. The van der Waals surface area contributed by atoms with Crippen molar-refractivity contribution >= 4 is 17.0 Å². The van der Waals surface area contributed by atoms with Crippen LogP contribution in [0.3, 0.4) is 0 Å². The molecule has 0 unspecified atom stereocenters. The zero-order valence-corrected chi connectivity index (χ0v) is 12.9. The van der Waals surface area contributed by atoms with E-state index in [1.807, 2.05) is 41.9 Å². The van der Waals surface area contributed by atoms with E-state index in [2.05, 4.69) is 15.0 Å². The van der Waals surface area contributed by atoms with Crippen molar-refractivity contribution in [2.75, 3.05) is 5.73 Å². The molecule has 0 amide bonds. The Bertz CT molecular complexity index is 1050. The van der Waals surface area contributed by atoms with Crippen molar-refractivity contribution in [3.63, 3.8) is 0 Å². The molecule has 4 aromatic rings. The molecule has 3 aromatic heterocycles. The molecule has 5 nitrogen and oxygen atoms in total. The normalized spacial score (nSPS) is 11.1. The lowest BCUT2D eigenvalue weighted by Crippen LogP contribution is -1.99. The number of pyridine rings is 2. The van der Waals surface area contributed by atoms with Gasteiger partial charge in [0.05, 0.1) is 11.3 Å². The molecule has 0 aliphatic carbocycles. The third kappa shape index (κ3) is 2.28. The zero-order chi connectivity index (χ0) is 16.7. The molecule has 4 rings (SSSR count). The van der Waals surface area contributed by atoms with E-state index in [0.29, 0.717) is 23.0 Å². The van der Waals surface area contributed by atoms with Crippen LogP contribution in [0.5, 0.6) is 0 Å². The van der Waals surface area contributed by atoms with Gasteiger partial charge in [-0.2, -0.15) is 0 Å². The molecule has 3 heterocycles. The SMILES string of the molecule is Cn1c(-c2cccnc2N)nc2ccc(-c3cccc(F)c3)nc21. The van der Waals surface area contributed by atoms with Crippen LogP contribution in [0.2, 0.25) is 0 Å². The first-order valence-corrected chi connectivity index (χ1v) is 7.44. The summed E-state index contributed by atoms with van der Waals surface area (Å²) in [6.07, 6.45) is 1.64. The largest absolute Gasteiger partial charge is 0.383 e. The van der Waals surface area contributed by atoms with Gasteiger partial charge in [-0.05, 0) is 36.4 Å². The van der Waals surface area contributed by atoms with Crippen LogP contribution in [0.15, 0.2) is 54.7 Å². The van der Waals surface area contributed by atoms with Gasteiger partial charge in [0.1, 0.15) is 23.0 Å². The Morgan fingerprint density at radius 2 is 1.92 bits per heavy atom. The molecule has 0 bridgehead atoms. The number of nitrogen functional groups attached to an aromatic ring is 1. The molecule has 2 N–H and O–H groups in total. The van der Waals surface area contributed by atoms with Crippen molar-refractivity contribution in [3.05, 3.63) is 60.5 Å². The first-order chi connectivity index (χ1) is 11.6. The predicted molar refractivity (Wildman–Crippen MR) is 91.5 cm³/mol. The first kappa shape index (κ1) is 14.3. The highest BCUT2D eigenvalue weighted by Crippen LogP contribution is 2.27. The molecule has 0 spiro atoms. The van der Waals surface area contributed by atoms with Gasteiger partial charge >= 0.3 is 0 Å². The van der Waals surface area contributed by atoms with Crippen molar-refractivity contribution in [1.29, 1.82) is 0 Å². The Hall–Kier alpha value is -3.28. The fraction of sp³-hybridized carbons (Fsp3) is 0.0556. The summed E-state index contributed by atoms with van der Waals surface area (Å²) in [6.45, 7) is 0. The number of rotatable bonds is 2. The molecule has 0 saturated heterocycles. The second-order valence-electron chi connectivity index (χ2n) is 5.48. The van der Waals surface area contributed by atoms with Crippen LogP contribution in [-0.4, -0.2) is 19.5 Å². The van der Waals surface area contributed by atoms with Crippen molar-refractivity contribution in [3.8, 4) is 22.6 Å². The van der Waals surface area contributed by atoms with Gasteiger partial charge < -0.3 is 10.3 Å². The standard InChI is InChI=1S/C18H14FN5/c1-24-17(13-6-3-9-21-16(13)20)23-15-8-7-14(22-18(15)24)11-4-2-5-12(19)10-11/h2-10H,1H3,(H2,20,21).